The first-order valence-electron chi connectivity index (χ1n) is 6.71. The van der Waals surface area contributed by atoms with Gasteiger partial charge in [0.25, 0.3) is 0 Å². The molecule has 1 fully saturated rings. The van der Waals surface area contributed by atoms with Crippen molar-refractivity contribution in [1.82, 2.24) is 19.8 Å². The number of nitrogens with one attached hydrogen (secondary N) is 1. The van der Waals surface area contributed by atoms with Crippen LogP contribution < -0.4 is 5.43 Å². The Morgan fingerprint density at radius 1 is 1.45 bits per heavy atom. The molecule has 0 aromatic carbocycles. The van der Waals surface area contributed by atoms with Crippen molar-refractivity contribution in [3.63, 3.8) is 0 Å². The molecule has 0 bridgehead atoms. The minimum atomic E-state index is -0.0129. The molecule has 0 saturated carbocycles. The van der Waals surface area contributed by atoms with Crippen LogP contribution in [0.2, 0.25) is 0 Å². The number of carbonyl (C=O) groups excluding carboxylic acids is 1. The highest BCUT2D eigenvalue weighted by Crippen LogP contribution is 2.19. The summed E-state index contributed by atoms with van der Waals surface area (Å²) in [7, 11) is 0. The van der Waals surface area contributed by atoms with E-state index in [0.29, 0.717) is 0 Å². The van der Waals surface area contributed by atoms with Gasteiger partial charge in [0, 0.05) is 6.54 Å². The van der Waals surface area contributed by atoms with Crippen molar-refractivity contribution in [3.05, 3.63) is 36.8 Å². The number of piperidine rings is 1. The van der Waals surface area contributed by atoms with E-state index in [-0.39, 0.29) is 11.8 Å². The number of hydrogen-bond acceptors (Lipinski definition) is 5. The lowest BCUT2D eigenvalue weighted by atomic mass is 9.97. The average Bonchev–Trinajstić information content (AvgIpc) is 3.12. The molecule has 0 spiro atoms. The van der Waals surface area contributed by atoms with E-state index in [4.69, 9.17) is 4.42 Å². The van der Waals surface area contributed by atoms with E-state index >= 15 is 0 Å². The number of amides is 1. The summed E-state index contributed by atoms with van der Waals surface area (Å²) in [5.74, 6) is 0.930. The van der Waals surface area contributed by atoms with Crippen molar-refractivity contribution in [2.75, 3.05) is 18.5 Å². The number of likely N-dealkylation sites (tertiary alicyclic amines) is 1. The van der Waals surface area contributed by atoms with Gasteiger partial charge in [0.2, 0.25) is 5.91 Å². The fourth-order valence-corrected chi connectivity index (χ4v) is 2.51. The zero-order chi connectivity index (χ0) is 13.8. The Labute approximate surface area is 116 Å². The second-order valence-electron chi connectivity index (χ2n) is 5.00. The smallest absolute Gasteiger partial charge is 0.243 e. The van der Waals surface area contributed by atoms with Gasteiger partial charge in [0.1, 0.15) is 18.4 Å². The molecule has 1 atom stereocenters. The molecule has 7 nitrogen and oxygen atoms in total. The van der Waals surface area contributed by atoms with Crippen LogP contribution in [0, 0.1) is 5.92 Å². The lowest BCUT2D eigenvalue weighted by Gasteiger charge is -2.31. The number of hydrogen-bond donors (Lipinski definition) is 1. The highest BCUT2D eigenvalue weighted by molar-refractivity contribution is 5.86. The Balaban J connectivity index is 1.56. The molecular weight excluding hydrogens is 258 g/mol. The van der Waals surface area contributed by atoms with Crippen molar-refractivity contribution in [3.8, 4) is 0 Å². The van der Waals surface area contributed by atoms with Crippen LogP contribution in [0.3, 0.4) is 0 Å². The van der Waals surface area contributed by atoms with Crippen molar-refractivity contribution in [2.45, 2.75) is 19.4 Å². The third kappa shape index (κ3) is 3.05. The predicted molar refractivity (Wildman–Crippen MR) is 71.1 cm³/mol. The van der Waals surface area contributed by atoms with Gasteiger partial charge in [-0.25, -0.2) is 4.68 Å². The quantitative estimate of drug-likeness (QED) is 0.895. The van der Waals surface area contributed by atoms with Gasteiger partial charge in [-0.2, -0.15) is 0 Å². The van der Waals surface area contributed by atoms with Crippen LogP contribution in [0.5, 0.6) is 0 Å². The summed E-state index contributed by atoms with van der Waals surface area (Å²) < 4.78 is 6.83. The van der Waals surface area contributed by atoms with Crippen molar-refractivity contribution in [1.29, 1.82) is 0 Å². The Kier molecular flexibility index (Phi) is 3.78. The Morgan fingerprint density at radius 2 is 2.30 bits per heavy atom. The Hall–Kier alpha value is -2.15. The van der Waals surface area contributed by atoms with Crippen molar-refractivity contribution >= 4 is 5.91 Å². The fraction of sp³-hybridized carbons (Fsp3) is 0.462. The van der Waals surface area contributed by atoms with Gasteiger partial charge in [-0.1, -0.05) is 0 Å². The molecule has 2 aromatic heterocycles. The summed E-state index contributed by atoms with van der Waals surface area (Å²) in [6.07, 6.45) is 6.54. The molecule has 0 aliphatic carbocycles. The van der Waals surface area contributed by atoms with Gasteiger partial charge in [0.15, 0.2) is 0 Å². The molecule has 1 N–H and O–H groups in total. The second kappa shape index (κ2) is 5.87. The zero-order valence-electron chi connectivity index (χ0n) is 11.1. The lowest BCUT2D eigenvalue weighted by Crippen LogP contribution is -2.41. The molecule has 1 aliphatic heterocycles. The van der Waals surface area contributed by atoms with Crippen LogP contribution in [0.25, 0.3) is 0 Å². The highest BCUT2D eigenvalue weighted by Gasteiger charge is 2.26. The molecule has 1 aliphatic rings. The first-order chi connectivity index (χ1) is 9.81. The van der Waals surface area contributed by atoms with Gasteiger partial charge in [0.05, 0.1) is 18.7 Å². The summed E-state index contributed by atoms with van der Waals surface area (Å²) in [6.45, 7) is 2.50. The van der Waals surface area contributed by atoms with Gasteiger partial charge >= 0.3 is 0 Å². The van der Waals surface area contributed by atoms with Crippen LogP contribution in [-0.2, 0) is 11.3 Å². The largest absolute Gasteiger partial charge is 0.468 e. The van der Waals surface area contributed by atoms with E-state index in [9.17, 15) is 4.79 Å². The van der Waals surface area contributed by atoms with Crippen LogP contribution in [0.4, 0.5) is 0 Å². The normalized spacial score (nSPS) is 19.9. The van der Waals surface area contributed by atoms with Gasteiger partial charge < -0.3 is 4.42 Å². The van der Waals surface area contributed by atoms with E-state index in [0.717, 1.165) is 38.2 Å². The molecule has 2 aromatic rings. The first kappa shape index (κ1) is 12.9. The van der Waals surface area contributed by atoms with E-state index in [1.54, 1.807) is 6.26 Å². The second-order valence-corrected chi connectivity index (χ2v) is 5.00. The zero-order valence-corrected chi connectivity index (χ0v) is 11.1. The molecule has 7 heteroatoms. The predicted octanol–water partition coefficient (Wildman–Crippen LogP) is 0.853. The SMILES string of the molecule is O=C(Nn1cnnc1)[C@@H]1CCCN(Cc2ccco2)C1. The average molecular weight is 275 g/mol. The molecule has 106 valence electrons. The van der Waals surface area contributed by atoms with Gasteiger partial charge in [-0.3, -0.25) is 15.1 Å². The topological polar surface area (TPSA) is 76.2 Å². The van der Waals surface area contributed by atoms with E-state index < -0.39 is 0 Å². The summed E-state index contributed by atoms with van der Waals surface area (Å²) in [5, 5.41) is 7.32. The maximum Gasteiger partial charge on any atom is 0.243 e. The third-order valence-corrected chi connectivity index (χ3v) is 3.49. The maximum atomic E-state index is 12.2. The summed E-state index contributed by atoms with van der Waals surface area (Å²) in [6, 6.07) is 3.84. The van der Waals surface area contributed by atoms with Crippen LogP contribution in [0.1, 0.15) is 18.6 Å². The van der Waals surface area contributed by atoms with Gasteiger partial charge in [-0.05, 0) is 31.5 Å². The summed E-state index contributed by atoms with van der Waals surface area (Å²) in [5.41, 5.74) is 2.77. The molecular formula is C13H17N5O2. The Bertz CT molecular complexity index is 537. The van der Waals surface area contributed by atoms with E-state index in [1.807, 2.05) is 12.1 Å². The molecule has 20 heavy (non-hydrogen) atoms. The minimum absolute atomic E-state index is 0.00828. The number of carbonyl (C=O) groups is 1. The van der Waals surface area contributed by atoms with E-state index in [1.165, 1.54) is 17.3 Å². The van der Waals surface area contributed by atoms with Crippen LogP contribution in [0.15, 0.2) is 35.5 Å². The first-order valence-corrected chi connectivity index (χ1v) is 6.71. The molecule has 0 unspecified atom stereocenters. The molecule has 0 radical (unpaired) electrons. The molecule has 3 heterocycles. The Morgan fingerprint density at radius 3 is 3.05 bits per heavy atom. The van der Waals surface area contributed by atoms with Crippen molar-refractivity contribution in [2.24, 2.45) is 5.92 Å². The minimum Gasteiger partial charge on any atom is -0.468 e. The number of nitrogens with zero attached hydrogens (tertiary/aromatic N) is 4. The lowest BCUT2D eigenvalue weighted by molar-refractivity contribution is -0.122. The van der Waals surface area contributed by atoms with E-state index in [2.05, 4.69) is 20.5 Å². The summed E-state index contributed by atoms with van der Waals surface area (Å²) in [4.78, 5) is 14.4. The standard InChI is InChI=1S/C13H17N5O2/c19-13(16-18-9-14-15-10-18)11-3-1-5-17(7-11)8-12-4-2-6-20-12/h2,4,6,9-11H,1,3,5,7-8H2,(H,16,19)/t11-/m1/s1. The highest BCUT2D eigenvalue weighted by atomic mass is 16.3. The third-order valence-electron chi connectivity index (χ3n) is 3.49. The molecule has 3 rings (SSSR count). The van der Waals surface area contributed by atoms with Crippen LogP contribution in [-0.4, -0.2) is 38.8 Å². The van der Waals surface area contributed by atoms with Gasteiger partial charge in [-0.15, -0.1) is 10.2 Å². The van der Waals surface area contributed by atoms with Crippen molar-refractivity contribution < 1.29 is 9.21 Å². The van der Waals surface area contributed by atoms with Crippen LogP contribution >= 0.6 is 0 Å². The fourth-order valence-electron chi connectivity index (χ4n) is 2.51. The number of furan rings is 1. The number of rotatable bonds is 4. The molecule has 1 saturated heterocycles. The molecule has 1 amide bonds. The maximum absolute atomic E-state index is 12.2. The number of aromatic nitrogens is 3. The monoisotopic (exact) mass is 275 g/mol. The summed E-state index contributed by atoms with van der Waals surface area (Å²) >= 11 is 0.